The molecule has 0 unspecified atom stereocenters. The zero-order chi connectivity index (χ0) is 23.2. The summed E-state index contributed by atoms with van der Waals surface area (Å²) in [6, 6.07) is 9.92. The fourth-order valence-corrected chi connectivity index (χ4v) is 3.91. The SMILES string of the molecule is CC[C@@H](C#N)CC(=O)c1ccc(-c2nc(Nc3cnn(C4CCOCC4)c3)ncc2C)cc1. The summed E-state index contributed by atoms with van der Waals surface area (Å²) in [6.45, 7) is 5.41. The Morgan fingerprint density at radius 3 is 2.73 bits per heavy atom. The molecule has 170 valence electrons. The molecule has 1 aliphatic rings. The minimum absolute atomic E-state index is 0.0155. The maximum absolute atomic E-state index is 12.5. The van der Waals surface area contributed by atoms with Gasteiger partial charge in [-0.25, -0.2) is 9.97 Å². The monoisotopic (exact) mass is 444 g/mol. The molecule has 8 nitrogen and oxygen atoms in total. The van der Waals surface area contributed by atoms with Gasteiger partial charge in [0.15, 0.2) is 5.78 Å². The van der Waals surface area contributed by atoms with Gasteiger partial charge in [-0.15, -0.1) is 0 Å². The van der Waals surface area contributed by atoms with Crippen LogP contribution in [0.2, 0.25) is 0 Å². The highest BCUT2D eigenvalue weighted by atomic mass is 16.5. The molecule has 0 saturated carbocycles. The van der Waals surface area contributed by atoms with E-state index >= 15 is 0 Å². The van der Waals surface area contributed by atoms with Crippen LogP contribution in [0.25, 0.3) is 11.3 Å². The fourth-order valence-electron chi connectivity index (χ4n) is 3.91. The molecule has 1 N–H and O–H groups in total. The van der Waals surface area contributed by atoms with E-state index in [-0.39, 0.29) is 18.1 Å². The van der Waals surface area contributed by atoms with Crippen molar-refractivity contribution in [3.8, 4) is 17.3 Å². The van der Waals surface area contributed by atoms with Gasteiger partial charge in [-0.3, -0.25) is 9.48 Å². The lowest BCUT2D eigenvalue weighted by molar-refractivity contribution is 0.0662. The number of anilines is 2. The largest absolute Gasteiger partial charge is 0.381 e. The molecule has 2 aromatic heterocycles. The quantitative estimate of drug-likeness (QED) is 0.494. The minimum atomic E-state index is -0.245. The van der Waals surface area contributed by atoms with Gasteiger partial charge in [0.1, 0.15) is 0 Å². The summed E-state index contributed by atoms with van der Waals surface area (Å²) in [5.41, 5.74) is 4.08. The number of nitrogens with zero attached hydrogens (tertiary/aromatic N) is 5. The molecule has 0 spiro atoms. The van der Waals surface area contributed by atoms with Crippen LogP contribution in [-0.4, -0.2) is 38.7 Å². The Kier molecular flexibility index (Phi) is 7.10. The molecule has 1 saturated heterocycles. The molecule has 8 heteroatoms. The number of carbonyl (C=O) groups is 1. The van der Waals surface area contributed by atoms with Crippen LogP contribution >= 0.6 is 0 Å². The second-order valence-electron chi connectivity index (χ2n) is 8.34. The Balaban J connectivity index is 1.48. The number of nitrogens with one attached hydrogen (secondary N) is 1. The van der Waals surface area contributed by atoms with Gasteiger partial charge in [0, 0.05) is 43.2 Å². The lowest BCUT2D eigenvalue weighted by Gasteiger charge is -2.22. The molecule has 3 heterocycles. The van der Waals surface area contributed by atoms with E-state index in [1.807, 2.05) is 36.9 Å². The van der Waals surface area contributed by atoms with Gasteiger partial charge in [-0.05, 0) is 31.7 Å². The van der Waals surface area contributed by atoms with Crippen molar-refractivity contribution in [2.75, 3.05) is 18.5 Å². The van der Waals surface area contributed by atoms with Crippen LogP contribution < -0.4 is 5.32 Å². The second-order valence-corrected chi connectivity index (χ2v) is 8.34. The van der Waals surface area contributed by atoms with Crippen LogP contribution in [0.4, 0.5) is 11.6 Å². The number of aryl methyl sites for hydroxylation is 1. The lowest BCUT2D eigenvalue weighted by Crippen LogP contribution is -2.19. The Morgan fingerprint density at radius 2 is 2.03 bits per heavy atom. The lowest BCUT2D eigenvalue weighted by atomic mass is 9.96. The first-order valence-corrected chi connectivity index (χ1v) is 11.3. The maximum atomic E-state index is 12.5. The molecule has 0 aliphatic carbocycles. The number of rotatable bonds is 8. The molecule has 0 radical (unpaired) electrons. The summed E-state index contributed by atoms with van der Waals surface area (Å²) in [5.74, 6) is 0.228. The van der Waals surface area contributed by atoms with Crippen molar-refractivity contribution in [1.82, 2.24) is 19.7 Å². The molecule has 1 atom stereocenters. The molecule has 1 aliphatic heterocycles. The van der Waals surface area contributed by atoms with Crippen molar-refractivity contribution in [2.45, 2.75) is 45.6 Å². The standard InChI is InChI=1S/C25H28N6O2/c1-3-18(13-26)12-23(32)19-4-6-20(7-5-19)24-17(2)14-27-25(30-24)29-21-15-28-31(16-21)22-8-10-33-11-9-22/h4-7,14-16,18,22H,3,8-12H2,1-2H3,(H,27,29,30)/t18-/m1/s1. The van der Waals surface area contributed by atoms with Crippen LogP contribution in [0, 0.1) is 24.2 Å². The predicted molar refractivity (Wildman–Crippen MR) is 125 cm³/mol. The van der Waals surface area contributed by atoms with E-state index in [9.17, 15) is 4.79 Å². The third kappa shape index (κ3) is 5.44. The van der Waals surface area contributed by atoms with E-state index in [0.29, 0.717) is 24.0 Å². The predicted octanol–water partition coefficient (Wildman–Crippen LogP) is 4.87. The zero-order valence-electron chi connectivity index (χ0n) is 19.0. The fraction of sp³-hybridized carbons (Fsp3) is 0.400. The molecular formula is C25H28N6O2. The molecule has 1 fully saturated rings. The number of hydrogen-bond acceptors (Lipinski definition) is 7. The summed E-state index contributed by atoms with van der Waals surface area (Å²) in [4.78, 5) is 21.6. The number of aromatic nitrogens is 4. The molecule has 0 bridgehead atoms. The Labute approximate surface area is 193 Å². The third-order valence-electron chi connectivity index (χ3n) is 5.98. The summed E-state index contributed by atoms with van der Waals surface area (Å²) in [7, 11) is 0. The number of carbonyl (C=O) groups excluding carboxylic acids is 1. The average Bonchev–Trinajstić information content (AvgIpc) is 3.33. The van der Waals surface area contributed by atoms with Gasteiger partial charge < -0.3 is 10.1 Å². The Morgan fingerprint density at radius 1 is 1.27 bits per heavy atom. The van der Waals surface area contributed by atoms with Gasteiger partial charge in [-0.1, -0.05) is 31.2 Å². The summed E-state index contributed by atoms with van der Waals surface area (Å²) in [6.07, 6.45) is 8.37. The van der Waals surface area contributed by atoms with Crippen molar-refractivity contribution in [3.05, 3.63) is 54.0 Å². The van der Waals surface area contributed by atoms with Gasteiger partial charge >= 0.3 is 0 Å². The number of benzene rings is 1. The van der Waals surface area contributed by atoms with E-state index in [0.717, 1.165) is 48.6 Å². The molecule has 33 heavy (non-hydrogen) atoms. The number of nitriles is 1. The maximum Gasteiger partial charge on any atom is 0.227 e. The minimum Gasteiger partial charge on any atom is -0.381 e. The first-order chi connectivity index (χ1) is 16.1. The first kappa shape index (κ1) is 22.6. The molecule has 4 rings (SSSR count). The van der Waals surface area contributed by atoms with Crippen molar-refractivity contribution in [1.29, 1.82) is 5.26 Å². The molecule has 0 amide bonds. The van der Waals surface area contributed by atoms with Crippen molar-refractivity contribution in [2.24, 2.45) is 5.92 Å². The summed E-state index contributed by atoms with van der Waals surface area (Å²) >= 11 is 0. The third-order valence-corrected chi connectivity index (χ3v) is 5.98. The van der Waals surface area contributed by atoms with Gasteiger partial charge in [0.25, 0.3) is 0 Å². The van der Waals surface area contributed by atoms with E-state index in [1.54, 1.807) is 24.5 Å². The topological polar surface area (TPSA) is 106 Å². The number of ketones is 1. The Hall–Kier alpha value is -3.57. The highest BCUT2D eigenvalue weighted by Crippen LogP contribution is 2.26. The van der Waals surface area contributed by atoms with Crippen LogP contribution in [0.15, 0.2) is 42.9 Å². The second kappa shape index (κ2) is 10.4. The summed E-state index contributed by atoms with van der Waals surface area (Å²) in [5, 5.41) is 16.8. The van der Waals surface area contributed by atoms with E-state index < -0.39 is 0 Å². The Bertz CT molecular complexity index is 1140. The number of Topliss-reactive ketones (excluding diaryl/α,β-unsaturated/α-hetero) is 1. The highest BCUT2D eigenvalue weighted by molar-refractivity contribution is 5.96. The van der Waals surface area contributed by atoms with Gasteiger partial charge in [-0.2, -0.15) is 10.4 Å². The smallest absolute Gasteiger partial charge is 0.227 e. The van der Waals surface area contributed by atoms with Crippen molar-refractivity contribution in [3.63, 3.8) is 0 Å². The number of ether oxygens (including phenoxy) is 1. The number of hydrogen-bond donors (Lipinski definition) is 1. The van der Waals surface area contributed by atoms with Crippen LogP contribution in [0.1, 0.15) is 54.6 Å². The summed E-state index contributed by atoms with van der Waals surface area (Å²) < 4.78 is 7.41. The van der Waals surface area contributed by atoms with E-state index in [4.69, 9.17) is 15.0 Å². The van der Waals surface area contributed by atoms with Crippen LogP contribution in [0.5, 0.6) is 0 Å². The van der Waals surface area contributed by atoms with Gasteiger partial charge in [0.2, 0.25) is 5.95 Å². The molecule has 3 aromatic rings. The average molecular weight is 445 g/mol. The van der Waals surface area contributed by atoms with Crippen molar-refractivity contribution < 1.29 is 9.53 Å². The van der Waals surface area contributed by atoms with E-state index in [2.05, 4.69) is 21.5 Å². The normalized spacial score (nSPS) is 15.1. The molecular weight excluding hydrogens is 416 g/mol. The molecule has 1 aromatic carbocycles. The van der Waals surface area contributed by atoms with E-state index in [1.165, 1.54) is 0 Å². The highest BCUT2D eigenvalue weighted by Gasteiger charge is 2.17. The first-order valence-electron chi connectivity index (χ1n) is 11.3. The van der Waals surface area contributed by atoms with Crippen LogP contribution in [-0.2, 0) is 4.74 Å². The van der Waals surface area contributed by atoms with Gasteiger partial charge in [0.05, 0.1) is 35.6 Å². The van der Waals surface area contributed by atoms with Crippen LogP contribution in [0.3, 0.4) is 0 Å². The van der Waals surface area contributed by atoms with Crippen molar-refractivity contribution >= 4 is 17.4 Å². The zero-order valence-corrected chi connectivity index (χ0v) is 19.0.